The minimum atomic E-state index is -0.278. The zero-order chi connectivity index (χ0) is 17.4. The van der Waals surface area contributed by atoms with Crippen molar-refractivity contribution in [3.8, 4) is 5.75 Å². The molecule has 0 saturated carbocycles. The van der Waals surface area contributed by atoms with Crippen molar-refractivity contribution in [1.82, 2.24) is 5.43 Å². The Labute approximate surface area is 151 Å². The lowest BCUT2D eigenvalue weighted by Gasteiger charge is -2.08. The van der Waals surface area contributed by atoms with E-state index in [0.29, 0.717) is 5.75 Å². The average molecular weight is 389 g/mol. The fourth-order valence-electron chi connectivity index (χ4n) is 2.15. The van der Waals surface area contributed by atoms with E-state index in [1.54, 1.807) is 0 Å². The van der Waals surface area contributed by atoms with E-state index in [2.05, 4.69) is 33.4 Å². The molecule has 0 fully saturated rings. The first-order valence-electron chi connectivity index (χ1n) is 7.90. The minimum absolute atomic E-state index is 0.0707. The Kier molecular flexibility index (Phi) is 7.00. The second kappa shape index (κ2) is 9.23. The van der Waals surface area contributed by atoms with E-state index in [9.17, 15) is 4.79 Å². The van der Waals surface area contributed by atoms with Crippen LogP contribution in [0.2, 0.25) is 0 Å². The lowest BCUT2D eigenvalue weighted by molar-refractivity contribution is -0.123. The molecule has 1 N–H and O–H groups in total. The Morgan fingerprint density at radius 2 is 1.96 bits per heavy atom. The van der Waals surface area contributed by atoms with Gasteiger partial charge in [0.25, 0.3) is 5.91 Å². The van der Waals surface area contributed by atoms with E-state index in [0.717, 1.165) is 34.2 Å². The number of ether oxygens (including phenoxy) is 1. The van der Waals surface area contributed by atoms with Crippen molar-refractivity contribution in [3.05, 3.63) is 64.1 Å². The number of carbonyl (C=O) groups is 1. The van der Waals surface area contributed by atoms with Gasteiger partial charge in [-0.25, -0.2) is 5.43 Å². The second-order valence-electron chi connectivity index (χ2n) is 5.41. The van der Waals surface area contributed by atoms with E-state index in [1.165, 1.54) is 0 Å². The normalized spacial score (nSPS) is 11.2. The summed E-state index contributed by atoms with van der Waals surface area (Å²) in [4.78, 5) is 12.0. The average Bonchev–Trinajstić information content (AvgIpc) is 2.60. The van der Waals surface area contributed by atoms with Crippen molar-refractivity contribution in [2.24, 2.45) is 5.10 Å². The summed E-state index contributed by atoms with van der Waals surface area (Å²) >= 11 is 3.43. The van der Waals surface area contributed by atoms with Crippen LogP contribution in [0.3, 0.4) is 0 Å². The fraction of sp³-hybridized carbons (Fsp3) is 0.263. The molecule has 0 radical (unpaired) electrons. The lowest BCUT2D eigenvalue weighted by Crippen LogP contribution is -2.26. The first-order chi connectivity index (χ1) is 11.6. The van der Waals surface area contributed by atoms with Gasteiger partial charge in [0.2, 0.25) is 0 Å². The van der Waals surface area contributed by atoms with Gasteiger partial charge in [0.15, 0.2) is 6.61 Å². The fourth-order valence-corrected chi connectivity index (χ4v) is 2.40. The van der Waals surface area contributed by atoms with E-state index < -0.39 is 0 Å². The van der Waals surface area contributed by atoms with Gasteiger partial charge in [-0.2, -0.15) is 5.10 Å². The number of amides is 1. The summed E-state index contributed by atoms with van der Waals surface area (Å²) in [5.74, 6) is 0.381. The summed E-state index contributed by atoms with van der Waals surface area (Å²) < 4.78 is 6.51. The Hall–Kier alpha value is -2.14. The van der Waals surface area contributed by atoms with Gasteiger partial charge < -0.3 is 4.74 Å². The molecular formula is C19H21BrN2O2. The van der Waals surface area contributed by atoms with Gasteiger partial charge >= 0.3 is 0 Å². The third-order valence-electron chi connectivity index (χ3n) is 3.41. The number of hydrogen-bond acceptors (Lipinski definition) is 3. The van der Waals surface area contributed by atoms with Crippen LogP contribution in [-0.4, -0.2) is 18.2 Å². The third kappa shape index (κ3) is 5.49. The van der Waals surface area contributed by atoms with Crippen molar-refractivity contribution in [2.45, 2.75) is 26.7 Å². The summed E-state index contributed by atoms with van der Waals surface area (Å²) in [5.41, 5.74) is 5.52. The molecular weight excluding hydrogens is 368 g/mol. The number of rotatable bonds is 7. The zero-order valence-corrected chi connectivity index (χ0v) is 15.5. The maximum Gasteiger partial charge on any atom is 0.277 e. The van der Waals surface area contributed by atoms with Crippen molar-refractivity contribution in [3.63, 3.8) is 0 Å². The number of nitrogens with zero attached hydrogens (tertiary/aromatic N) is 1. The molecule has 4 nitrogen and oxygen atoms in total. The SMILES string of the molecule is CCC/C(=N\NC(=O)COc1ccc(Br)c(C)c1)c1ccccc1. The number of carbonyl (C=O) groups excluding carboxylic acids is 1. The zero-order valence-electron chi connectivity index (χ0n) is 13.9. The predicted octanol–water partition coefficient (Wildman–Crippen LogP) is 4.46. The number of hydrazone groups is 1. The largest absolute Gasteiger partial charge is 0.484 e. The van der Waals surface area contributed by atoms with Gasteiger partial charge in [0, 0.05) is 4.47 Å². The monoisotopic (exact) mass is 388 g/mol. The standard InChI is InChI=1S/C19H21BrN2O2/c1-3-7-18(15-8-5-4-6-9-15)21-22-19(23)13-24-16-10-11-17(20)14(2)12-16/h4-6,8-12H,3,7,13H2,1-2H3,(H,22,23)/b21-18+. The highest BCUT2D eigenvalue weighted by Crippen LogP contribution is 2.21. The Bertz CT molecular complexity index is 715. The molecule has 24 heavy (non-hydrogen) atoms. The van der Waals surface area contributed by atoms with Gasteiger partial charge in [-0.05, 0) is 42.7 Å². The third-order valence-corrected chi connectivity index (χ3v) is 4.30. The quantitative estimate of drug-likeness (QED) is 0.562. The van der Waals surface area contributed by atoms with Crippen LogP contribution in [0.4, 0.5) is 0 Å². The number of nitrogens with one attached hydrogen (secondary N) is 1. The van der Waals surface area contributed by atoms with Crippen LogP contribution in [0.15, 0.2) is 58.1 Å². The molecule has 0 atom stereocenters. The highest BCUT2D eigenvalue weighted by Gasteiger charge is 2.06. The second-order valence-corrected chi connectivity index (χ2v) is 6.26. The van der Waals surface area contributed by atoms with Crippen LogP contribution in [0.1, 0.15) is 30.9 Å². The molecule has 2 aromatic carbocycles. The molecule has 2 aromatic rings. The maximum atomic E-state index is 12.0. The highest BCUT2D eigenvalue weighted by atomic mass is 79.9. The molecule has 126 valence electrons. The Balaban J connectivity index is 1.93. The summed E-state index contributed by atoms with van der Waals surface area (Å²) in [6.45, 7) is 3.98. The van der Waals surface area contributed by atoms with Gasteiger partial charge in [-0.15, -0.1) is 0 Å². The van der Waals surface area contributed by atoms with Gasteiger partial charge in [-0.1, -0.05) is 59.6 Å². The maximum absolute atomic E-state index is 12.0. The molecule has 0 aromatic heterocycles. The van der Waals surface area contributed by atoms with Crippen LogP contribution in [0.5, 0.6) is 5.75 Å². The summed E-state index contributed by atoms with van der Waals surface area (Å²) in [5, 5.41) is 4.26. The predicted molar refractivity (Wildman–Crippen MR) is 100 cm³/mol. The molecule has 0 heterocycles. The highest BCUT2D eigenvalue weighted by molar-refractivity contribution is 9.10. The van der Waals surface area contributed by atoms with Crippen LogP contribution in [0, 0.1) is 6.92 Å². The molecule has 1 amide bonds. The molecule has 0 aliphatic carbocycles. The van der Waals surface area contributed by atoms with Crippen LogP contribution in [-0.2, 0) is 4.79 Å². The smallest absolute Gasteiger partial charge is 0.277 e. The van der Waals surface area contributed by atoms with E-state index >= 15 is 0 Å². The minimum Gasteiger partial charge on any atom is -0.484 e. The Morgan fingerprint density at radius 1 is 1.21 bits per heavy atom. The van der Waals surface area contributed by atoms with Crippen LogP contribution in [0.25, 0.3) is 0 Å². The van der Waals surface area contributed by atoms with Crippen LogP contribution < -0.4 is 10.2 Å². The topological polar surface area (TPSA) is 50.7 Å². The lowest BCUT2D eigenvalue weighted by atomic mass is 10.1. The van der Waals surface area contributed by atoms with Gasteiger partial charge in [0.1, 0.15) is 5.75 Å². The molecule has 0 aliphatic heterocycles. The molecule has 0 bridgehead atoms. The molecule has 2 rings (SSSR count). The van der Waals surface area contributed by atoms with Gasteiger partial charge in [-0.3, -0.25) is 4.79 Å². The Morgan fingerprint density at radius 3 is 2.62 bits per heavy atom. The van der Waals surface area contributed by atoms with Crippen molar-refractivity contribution >= 4 is 27.5 Å². The number of hydrogen-bond donors (Lipinski definition) is 1. The summed E-state index contributed by atoms with van der Waals surface area (Å²) in [6, 6.07) is 15.5. The van der Waals surface area contributed by atoms with Crippen molar-refractivity contribution in [2.75, 3.05) is 6.61 Å². The molecule has 5 heteroatoms. The van der Waals surface area contributed by atoms with Gasteiger partial charge in [0.05, 0.1) is 5.71 Å². The number of aryl methyl sites for hydroxylation is 1. The molecule has 0 unspecified atom stereocenters. The molecule has 0 aliphatic rings. The molecule has 0 spiro atoms. The number of halogens is 1. The van der Waals surface area contributed by atoms with E-state index in [-0.39, 0.29) is 12.5 Å². The first kappa shape index (κ1) is 18.2. The summed E-state index contributed by atoms with van der Waals surface area (Å²) in [6.07, 6.45) is 1.76. The van der Waals surface area contributed by atoms with Crippen molar-refractivity contribution < 1.29 is 9.53 Å². The van der Waals surface area contributed by atoms with E-state index in [1.807, 2.05) is 55.5 Å². The van der Waals surface area contributed by atoms with Crippen molar-refractivity contribution in [1.29, 1.82) is 0 Å². The van der Waals surface area contributed by atoms with Crippen LogP contribution >= 0.6 is 15.9 Å². The first-order valence-corrected chi connectivity index (χ1v) is 8.69. The molecule has 0 saturated heterocycles. The summed E-state index contributed by atoms with van der Waals surface area (Å²) in [7, 11) is 0. The van der Waals surface area contributed by atoms with E-state index in [4.69, 9.17) is 4.74 Å². The number of benzene rings is 2.